The molecule has 1 heterocycles. The number of anilines is 2. The van der Waals surface area contributed by atoms with Crippen molar-refractivity contribution in [1.82, 2.24) is 15.0 Å². The largest absolute Gasteiger partial charge is 0.457 e. The van der Waals surface area contributed by atoms with Crippen LogP contribution < -0.4 is 11.5 Å². The summed E-state index contributed by atoms with van der Waals surface area (Å²) in [6, 6.07) is 9.70. The van der Waals surface area contributed by atoms with Gasteiger partial charge in [-0.05, 0) is 18.4 Å². The van der Waals surface area contributed by atoms with Gasteiger partial charge in [-0.15, -0.1) is 0 Å². The SMILES string of the molecule is Nc1nc(N)nc(COC(=O)C2(c3ccccc3)CCC2)n1. The van der Waals surface area contributed by atoms with Gasteiger partial charge in [0.1, 0.15) is 0 Å². The van der Waals surface area contributed by atoms with E-state index in [1.807, 2.05) is 30.3 Å². The van der Waals surface area contributed by atoms with E-state index in [4.69, 9.17) is 16.2 Å². The number of hydrogen-bond acceptors (Lipinski definition) is 7. The molecule has 0 atom stereocenters. The number of benzene rings is 1. The Morgan fingerprint density at radius 1 is 1.09 bits per heavy atom. The second-order valence-electron chi connectivity index (χ2n) is 5.35. The van der Waals surface area contributed by atoms with Gasteiger partial charge in [-0.25, -0.2) is 0 Å². The number of rotatable bonds is 4. The summed E-state index contributed by atoms with van der Waals surface area (Å²) >= 11 is 0. The molecule has 0 unspecified atom stereocenters. The summed E-state index contributed by atoms with van der Waals surface area (Å²) < 4.78 is 5.40. The van der Waals surface area contributed by atoms with Crippen molar-refractivity contribution in [2.75, 3.05) is 11.5 Å². The van der Waals surface area contributed by atoms with Crippen molar-refractivity contribution < 1.29 is 9.53 Å². The van der Waals surface area contributed by atoms with Crippen LogP contribution in [0.1, 0.15) is 30.7 Å². The highest BCUT2D eigenvalue weighted by atomic mass is 16.5. The highest BCUT2D eigenvalue weighted by molar-refractivity contribution is 5.84. The molecule has 2 aromatic rings. The Morgan fingerprint density at radius 2 is 1.73 bits per heavy atom. The lowest BCUT2D eigenvalue weighted by atomic mass is 9.64. The molecule has 7 heteroatoms. The second kappa shape index (κ2) is 5.59. The van der Waals surface area contributed by atoms with Crippen molar-refractivity contribution in [2.24, 2.45) is 0 Å². The van der Waals surface area contributed by atoms with Crippen LogP contribution in [0.3, 0.4) is 0 Å². The minimum Gasteiger partial charge on any atom is -0.457 e. The Kier molecular flexibility index (Phi) is 3.62. The topological polar surface area (TPSA) is 117 Å². The molecule has 1 aromatic heterocycles. The molecular formula is C15H17N5O2. The first-order valence-corrected chi connectivity index (χ1v) is 7.09. The summed E-state index contributed by atoms with van der Waals surface area (Å²) in [6.07, 6.45) is 2.59. The summed E-state index contributed by atoms with van der Waals surface area (Å²) in [6.45, 7) is -0.0651. The lowest BCUT2D eigenvalue weighted by molar-refractivity contribution is -0.156. The van der Waals surface area contributed by atoms with Crippen LogP contribution in [-0.2, 0) is 21.6 Å². The maximum absolute atomic E-state index is 12.5. The third-order valence-corrected chi connectivity index (χ3v) is 3.97. The summed E-state index contributed by atoms with van der Waals surface area (Å²) in [7, 11) is 0. The van der Waals surface area contributed by atoms with E-state index < -0.39 is 5.41 Å². The number of ether oxygens (including phenoxy) is 1. The summed E-state index contributed by atoms with van der Waals surface area (Å²) in [5.41, 5.74) is 11.4. The van der Waals surface area contributed by atoms with Crippen molar-refractivity contribution >= 4 is 17.9 Å². The van der Waals surface area contributed by atoms with Crippen molar-refractivity contribution in [3.63, 3.8) is 0 Å². The number of carbonyl (C=O) groups excluding carboxylic acids is 1. The Balaban J connectivity index is 1.73. The smallest absolute Gasteiger partial charge is 0.317 e. The minimum atomic E-state index is -0.550. The van der Waals surface area contributed by atoms with Crippen LogP contribution in [0.2, 0.25) is 0 Å². The molecule has 0 radical (unpaired) electrons. The summed E-state index contributed by atoms with van der Waals surface area (Å²) in [5.74, 6) is 0.0170. The zero-order chi connectivity index (χ0) is 15.6. The van der Waals surface area contributed by atoms with Crippen LogP contribution in [0, 0.1) is 0 Å². The highest BCUT2D eigenvalue weighted by Gasteiger charge is 2.47. The van der Waals surface area contributed by atoms with Crippen molar-refractivity contribution in [1.29, 1.82) is 0 Å². The van der Waals surface area contributed by atoms with E-state index >= 15 is 0 Å². The average molecular weight is 299 g/mol. The molecule has 7 nitrogen and oxygen atoms in total. The molecule has 114 valence electrons. The maximum Gasteiger partial charge on any atom is 0.317 e. The molecule has 0 spiro atoms. The van der Waals surface area contributed by atoms with Crippen molar-refractivity contribution in [3.8, 4) is 0 Å². The molecule has 0 bridgehead atoms. The minimum absolute atomic E-state index is 0.0139. The van der Waals surface area contributed by atoms with Crippen LogP contribution >= 0.6 is 0 Å². The van der Waals surface area contributed by atoms with Gasteiger partial charge in [0.15, 0.2) is 12.4 Å². The standard InChI is InChI=1S/C15H17N5O2/c16-13-18-11(19-14(17)20-13)9-22-12(21)15(7-4-8-15)10-5-2-1-3-6-10/h1-3,5-6H,4,7-9H2,(H4,16,17,18,19,20). The van der Waals surface area contributed by atoms with E-state index in [1.165, 1.54) is 0 Å². The zero-order valence-electron chi connectivity index (χ0n) is 12.0. The molecule has 1 aromatic carbocycles. The normalized spacial score (nSPS) is 15.8. The first-order valence-electron chi connectivity index (χ1n) is 7.09. The predicted octanol–water partition coefficient (Wildman–Crippen LogP) is 1.20. The van der Waals surface area contributed by atoms with Gasteiger partial charge in [-0.3, -0.25) is 4.79 Å². The molecule has 4 N–H and O–H groups in total. The van der Waals surface area contributed by atoms with Gasteiger partial charge in [-0.1, -0.05) is 36.8 Å². The van der Waals surface area contributed by atoms with E-state index in [2.05, 4.69) is 15.0 Å². The fourth-order valence-corrected chi connectivity index (χ4v) is 2.69. The predicted molar refractivity (Wildman–Crippen MR) is 80.4 cm³/mol. The molecule has 1 aliphatic carbocycles. The fourth-order valence-electron chi connectivity index (χ4n) is 2.69. The van der Waals surface area contributed by atoms with Gasteiger partial charge in [0.05, 0.1) is 5.41 Å². The molecule has 0 amide bonds. The Labute approximate surface area is 127 Å². The third-order valence-electron chi connectivity index (χ3n) is 3.97. The van der Waals surface area contributed by atoms with Crippen molar-refractivity contribution in [3.05, 3.63) is 41.7 Å². The summed E-state index contributed by atoms with van der Waals surface area (Å²) in [4.78, 5) is 24.0. The molecule has 1 fully saturated rings. The van der Waals surface area contributed by atoms with E-state index in [0.717, 1.165) is 24.8 Å². The number of aromatic nitrogens is 3. The van der Waals surface area contributed by atoms with Crippen LogP contribution in [0.5, 0.6) is 0 Å². The Morgan fingerprint density at radius 3 is 2.27 bits per heavy atom. The third kappa shape index (κ3) is 2.57. The second-order valence-corrected chi connectivity index (χ2v) is 5.35. The number of nitrogen functional groups attached to an aromatic ring is 2. The van der Waals surface area contributed by atoms with Crippen LogP contribution in [0.4, 0.5) is 11.9 Å². The van der Waals surface area contributed by atoms with Gasteiger partial charge in [-0.2, -0.15) is 15.0 Å². The zero-order valence-corrected chi connectivity index (χ0v) is 12.0. The average Bonchev–Trinajstić information content (AvgIpc) is 2.44. The molecule has 0 aliphatic heterocycles. The molecule has 0 saturated heterocycles. The van der Waals surface area contributed by atoms with Crippen LogP contribution in [-0.4, -0.2) is 20.9 Å². The first kappa shape index (κ1) is 14.2. The number of nitrogens with two attached hydrogens (primary N) is 2. The Hall–Kier alpha value is -2.70. The first-order chi connectivity index (χ1) is 10.6. The Bertz CT molecular complexity index is 665. The highest BCUT2D eigenvalue weighted by Crippen LogP contribution is 2.44. The monoisotopic (exact) mass is 299 g/mol. The molecule has 22 heavy (non-hydrogen) atoms. The van der Waals surface area contributed by atoms with E-state index in [-0.39, 0.29) is 30.3 Å². The number of esters is 1. The van der Waals surface area contributed by atoms with E-state index in [1.54, 1.807) is 0 Å². The molecule has 1 saturated carbocycles. The van der Waals surface area contributed by atoms with E-state index in [9.17, 15) is 4.79 Å². The van der Waals surface area contributed by atoms with Gasteiger partial charge in [0.2, 0.25) is 11.9 Å². The fraction of sp³-hybridized carbons (Fsp3) is 0.333. The summed E-state index contributed by atoms with van der Waals surface area (Å²) in [5, 5.41) is 0. The number of hydrogen-bond donors (Lipinski definition) is 2. The molecular weight excluding hydrogens is 282 g/mol. The maximum atomic E-state index is 12.5. The van der Waals surface area contributed by atoms with Crippen LogP contribution in [0.25, 0.3) is 0 Å². The van der Waals surface area contributed by atoms with E-state index in [0.29, 0.717) is 0 Å². The lowest BCUT2D eigenvalue weighted by Gasteiger charge is -2.39. The van der Waals surface area contributed by atoms with Gasteiger partial charge in [0, 0.05) is 0 Å². The molecule has 1 aliphatic rings. The van der Waals surface area contributed by atoms with Crippen molar-refractivity contribution in [2.45, 2.75) is 31.3 Å². The quantitative estimate of drug-likeness (QED) is 0.814. The van der Waals surface area contributed by atoms with Crippen LogP contribution in [0.15, 0.2) is 30.3 Å². The lowest BCUT2D eigenvalue weighted by Crippen LogP contribution is -2.43. The van der Waals surface area contributed by atoms with Gasteiger partial charge >= 0.3 is 5.97 Å². The van der Waals surface area contributed by atoms with Gasteiger partial charge < -0.3 is 16.2 Å². The number of carbonyl (C=O) groups is 1. The van der Waals surface area contributed by atoms with Gasteiger partial charge in [0.25, 0.3) is 0 Å². The number of nitrogens with zero attached hydrogens (tertiary/aromatic N) is 3. The molecule has 3 rings (SSSR count).